The van der Waals surface area contributed by atoms with Gasteiger partial charge in [0.2, 0.25) is 0 Å². The molecular formula is C14H15F3O3. The highest BCUT2D eigenvalue weighted by atomic mass is 19.4. The molecule has 0 aliphatic heterocycles. The zero-order valence-electron chi connectivity index (χ0n) is 10.7. The van der Waals surface area contributed by atoms with Crippen LogP contribution in [-0.2, 0) is 4.74 Å². The van der Waals surface area contributed by atoms with E-state index in [1.54, 1.807) is 24.3 Å². The fourth-order valence-corrected chi connectivity index (χ4v) is 1.26. The molecule has 0 atom stereocenters. The number of hydrogen-bond acceptors (Lipinski definition) is 3. The summed E-state index contributed by atoms with van der Waals surface area (Å²) in [5, 5.41) is 8.57. The van der Waals surface area contributed by atoms with Crippen molar-refractivity contribution in [1.82, 2.24) is 0 Å². The minimum Gasteiger partial charge on any atom is -0.491 e. The highest BCUT2D eigenvalue weighted by Gasteiger charge is 2.27. The van der Waals surface area contributed by atoms with E-state index in [0.29, 0.717) is 12.2 Å². The second-order valence-electron chi connectivity index (χ2n) is 3.82. The molecule has 0 radical (unpaired) electrons. The van der Waals surface area contributed by atoms with Gasteiger partial charge in [-0.25, -0.2) is 0 Å². The van der Waals surface area contributed by atoms with Gasteiger partial charge in [-0.05, 0) is 24.3 Å². The lowest BCUT2D eigenvalue weighted by molar-refractivity contribution is -0.175. The summed E-state index contributed by atoms with van der Waals surface area (Å²) < 4.78 is 45.0. The zero-order valence-corrected chi connectivity index (χ0v) is 10.7. The molecule has 0 heterocycles. The second kappa shape index (κ2) is 8.46. The van der Waals surface area contributed by atoms with Crippen LogP contribution in [0.4, 0.5) is 13.2 Å². The van der Waals surface area contributed by atoms with Crippen LogP contribution >= 0.6 is 0 Å². The van der Waals surface area contributed by atoms with Crippen LogP contribution in [0, 0.1) is 11.8 Å². The third-order valence-corrected chi connectivity index (χ3v) is 2.09. The van der Waals surface area contributed by atoms with Crippen molar-refractivity contribution in [2.24, 2.45) is 0 Å². The van der Waals surface area contributed by atoms with Gasteiger partial charge in [0.25, 0.3) is 0 Å². The monoisotopic (exact) mass is 288 g/mol. The molecule has 0 aliphatic rings. The number of aliphatic hydroxyl groups is 1. The molecular weight excluding hydrogens is 273 g/mol. The minimum atomic E-state index is -4.31. The average Bonchev–Trinajstić information content (AvgIpc) is 2.39. The summed E-state index contributed by atoms with van der Waals surface area (Å²) in [5.74, 6) is 6.16. The standard InChI is InChI=1S/C14H15F3O3/c15-14(16,17)11-19-9-10-20-13-6-4-12(5-7-13)3-1-2-8-18/h4-7,18H,2,8-11H2. The number of rotatable bonds is 6. The van der Waals surface area contributed by atoms with Gasteiger partial charge in [0.15, 0.2) is 0 Å². The molecule has 6 heteroatoms. The fourth-order valence-electron chi connectivity index (χ4n) is 1.26. The number of benzene rings is 1. The molecule has 0 unspecified atom stereocenters. The van der Waals surface area contributed by atoms with Gasteiger partial charge in [-0.3, -0.25) is 0 Å². The van der Waals surface area contributed by atoms with Crippen molar-refractivity contribution in [2.75, 3.05) is 26.4 Å². The number of ether oxygens (including phenoxy) is 2. The smallest absolute Gasteiger partial charge is 0.411 e. The first-order valence-corrected chi connectivity index (χ1v) is 5.98. The Kier molecular flexibility index (Phi) is 6.91. The van der Waals surface area contributed by atoms with E-state index in [2.05, 4.69) is 16.6 Å². The van der Waals surface area contributed by atoms with Crippen molar-refractivity contribution in [1.29, 1.82) is 0 Å². The maximum atomic E-state index is 11.8. The van der Waals surface area contributed by atoms with Gasteiger partial charge in [-0.2, -0.15) is 13.2 Å². The Morgan fingerprint density at radius 1 is 1.10 bits per heavy atom. The van der Waals surface area contributed by atoms with Gasteiger partial charge in [0.1, 0.15) is 19.0 Å². The average molecular weight is 288 g/mol. The van der Waals surface area contributed by atoms with Crippen molar-refractivity contribution >= 4 is 0 Å². The lowest BCUT2D eigenvalue weighted by Gasteiger charge is -2.09. The highest BCUT2D eigenvalue weighted by molar-refractivity contribution is 5.38. The molecule has 0 fully saturated rings. The molecule has 110 valence electrons. The summed E-state index contributed by atoms with van der Waals surface area (Å²) in [6, 6.07) is 6.81. The normalized spacial score (nSPS) is 10.8. The first-order valence-electron chi connectivity index (χ1n) is 5.98. The van der Waals surface area contributed by atoms with Crippen LogP contribution in [0.15, 0.2) is 24.3 Å². The summed E-state index contributed by atoms with van der Waals surface area (Å²) in [4.78, 5) is 0. The van der Waals surface area contributed by atoms with Crippen LogP contribution in [0.25, 0.3) is 0 Å². The third kappa shape index (κ3) is 7.67. The van der Waals surface area contributed by atoms with Crippen LogP contribution in [0.5, 0.6) is 5.75 Å². The van der Waals surface area contributed by atoms with Crippen molar-refractivity contribution in [3.63, 3.8) is 0 Å². The number of hydrogen-bond donors (Lipinski definition) is 1. The van der Waals surface area contributed by atoms with E-state index in [1.165, 1.54) is 0 Å². The van der Waals surface area contributed by atoms with Crippen LogP contribution in [0.3, 0.4) is 0 Å². The highest BCUT2D eigenvalue weighted by Crippen LogP contribution is 2.14. The predicted octanol–water partition coefficient (Wildman–Crippen LogP) is 2.38. The SMILES string of the molecule is OCCC#Cc1ccc(OCCOCC(F)(F)F)cc1. The van der Waals surface area contributed by atoms with Crippen LogP contribution in [0.1, 0.15) is 12.0 Å². The number of aliphatic hydroxyl groups excluding tert-OH is 1. The van der Waals surface area contributed by atoms with Crippen molar-refractivity contribution in [3.05, 3.63) is 29.8 Å². The van der Waals surface area contributed by atoms with Gasteiger partial charge in [0, 0.05) is 12.0 Å². The van der Waals surface area contributed by atoms with Crippen LogP contribution < -0.4 is 4.74 Å². The maximum absolute atomic E-state index is 11.8. The summed E-state index contributed by atoms with van der Waals surface area (Å²) in [6.07, 6.45) is -3.90. The minimum absolute atomic E-state index is 0.0200. The number of alkyl halides is 3. The summed E-state index contributed by atoms with van der Waals surface area (Å²) in [6.45, 7) is -1.33. The van der Waals surface area contributed by atoms with Gasteiger partial charge >= 0.3 is 6.18 Å². The molecule has 0 saturated carbocycles. The van der Waals surface area contributed by atoms with Crippen molar-refractivity contribution in [2.45, 2.75) is 12.6 Å². The molecule has 1 aromatic rings. The lowest BCUT2D eigenvalue weighted by Crippen LogP contribution is -2.19. The van der Waals surface area contributed by atoms with Gasteiger partial charge < -0.3 is 14.6 Å². The maximum Gasteiger partial charge on any atom is 0.411 e. The Morgan fingerprint density at radius 2 is 1.80 bits per heavy atom. The third-order valence-electron chi connectivity index (χ3n) is 2.09. The molecule has 0 amide bonds. The van der Waals surface area contributed by atoms with E-state index >= 15 is 0 Å². The lowest BCUT2D eigenvalue weighted by atomic mass is 10.2. The van der Waals surface area contributed by atoms with Gasteiger partial charge in [-0.15, -0.1) is 0 Å². The van der Waals surface area contributed by atoms with Gasteiger partial charge in [0.05, 0.1) is 13.2 Å². The Bertz CT molecular complexity index is 443. The second-order valence-corrected chi connectivity index (χ2v) is 3.82. The molecule has 1 N–H and O–H groups in total. The molecule has 20 heavy (non-hydrogen) atoms. The van der Waals surface area contributed by atoms with Gasteiger partial charge in [-0.1, -0.05) is 11.8 Å². The molecule has 1 rings (SSSR count). The quantitative estimate of drug-likeness (QED) is 0.645. The topological polar surface area (TPSA) is 38.7 Å². The molecule has 3 nitrogen and oxygen atoms in total. The zero-order chi connectivity index (χ0) is 14.8. The molecule has 0 saturated heterocycles. The summed E-state index contributed by atoms with van der Waals surface area (Å²) >= 11 is 0. The van der Waals surface area contributed by atoms with E-state index < -0.39 is 12.8 Å². The Labute approximate surface area is 115 Å². The first-order chi connectivity index (χ1) is 9.51. The molecule has 1 aromatic carbocycles. The number of halogens is 3. The first kappa shape index (κ1) is 16.3. The van der Waals surface area contributed by atoms with E-state index in [9.17, 15) is 13.2 Å². The fraction of sp³-hybridized carbons (Fsp3) is 0.429. The Hall–Kier alpha value is -1.71. The molecule has 0 spiro atoms. The molecule has 0 aliphatic carbocycles. The summed E-state index contributed by atoms with van der Waals surface area (Å²) in [5.41, 5.74) is 0.777. The molecule has 0 bridgehead atoms. The predicted molar refractivity (Wildman–Crippen MR) is 67.4 cm³/mol. The molecule has 0 aromatic heterocycles. The van der Waals surface area contributed by atoms with E-state index in [-0.39, 0.29) is 19.8 Å². The van der Waals surface area contributed by atoms with E-state index in [0.717, 1.165) is 5.56 Å². The van der Waals surface area contributed by atoms with E-state index in [4.69, 9.17) is 9.84 Å². The van der Waals surface area contributed by atoms with Crippen molar-refractivity contribution < 1.29 is 27.8 Å². The van der Waals surface area contributed by atoms with Crippen molar-refractivity contribution in [3.8, 4) is 17.6 Å². The van der Waals surface area contributed by atoms with E-state index in [1.807, 2.05) is 0 Å². The van der Waals surface area contributed by atoms with Crippen LogP contribution in [-0.4, -0.2) is 37.7 Å². The Balaban J connectivity index is 2.27. The van der Waals surface area contributed by atoms with Crippen LogP contribution in [0.2, 0.25) is 0 Å². The summed E-state index contributed by atoms with van der Waals surface area (Å²) in [7, 11) is 0. The largest absolute Gasteiger partial charge is 0.491 e. The Morgan fingerprint density at radius 3 is 2.40 bits per heavy atom.